The molecule has 3 rings (SSSR count). The standard InChI is InChI=1S/C20H28N2O3/c1-21(20(23)15-7-5-4-6-8-15)16-9-10-22(14-16)17-11-18(24-2)13-19(12-17)25-3/h4-5,11-13,15-16H,6-10,14H2,1-3H3/t15-,16-/m1/s1. The lowest BCUT2D eigenvalue weighted by atomic mass is 9.93. The molecule has 1 aliphatic heterocycles. The van der Waals surface area contributed by atoms with E-state index in [1.165, 1.54) is 0 Å². The van der Waals surface area contributed by atoms with Crippen LogP contribution >= 0.6 is 0 Å². The lowest BCUT2D eigenvalue weighted by molar-refractivity contribution is -0.136. The Morgan fingerprint density at radius 3 is 2.44 bits per heavy atom. The van der Waals surface area contributed by atoms with Crippen molar-refractivity contribution < 1.29 is 14.3 Å². The predicted molar refractivity (Wildman–Crippen MR) is 99.4 cm³/mol. The van der Waals surface area contributed by atoms with Gasteiger partial charge in [0.2, 0.25) is 5.91 Å². The van der Waals surface area contributed by atoms with Crippen molar-refractivity contribution in [1.82, 2.24) is 4.90 Å². The maximum atomic E-state index is 12.8. The zero-order chi connectivity index (χ0) is 17.8. The highest BCUT2D eigenvalue weighted by molar-refractivity contribution is 5.79. The van der Waals surface area contributed by atoms with Crippen molar-refractivity contribution in [3.8, 4) is 11.5 Å². The Labute approximate surface area is 150 Å². The molecule has 0 spiro atoms. The van der Waals surface area contributed by atoms with Gasteiger partial charge in [0.25, 0.3) is 0 Å². The van der Waals surface area contributed by atoms with Gasteiger partial charge < -0.3 is 19.3 Å². The molecule has 5 nitrogen and oxygen atoms in total. The maximum Gasteiger partial charge on any atom is 0.226 e. The number of benzene rings is 1. The van der Waals surface area contributed by atoms with Crippen LogP contribution in [-0.4, -0.2) is 51.2 Å². The molecule has 1 aliphatic carbocycles. The van der Waals surface area contributed by atoms with Gasteiger partial charge in [0.15, 0.2) is 0 Å². The lowest BCUT2D eigenvalue weighted by Crippen LogP contribution is -2.42. The lowest BCUT2D eigenvalue weighted by Gasteiger charge is -2.29. The Morgan fingerprint density at radius 2 is 1.84 bits per heavy atom. The van der Waals surface area contributed by atoms with Gasteiger partial charge in [-0.3, -0.25) is 4.79 Å². The van der Waals surface area contributed by atoms with Gasteiger partial charge in [-0.05, 0) is 25.7 Å². The fourth-order valence-corrected chi connectivity index (χ4v) is 3.75. The number of rotatable bonds is 5. The number of carbonyl (C=O) groups is 1. The quantitative estimate of drug-likeness (QED) is 0.770. The van der Waals surface area contributed by atoms with E-state index < -0.39 is 0 Å². The molecular formula is C20H28N2O3. The number of hydrogen-bond donors (Lipinski definition) is 0. The number of anilines is 1. The van der Waals surface area contributed by atoms with Crippen LogP contribution in [-0.2, 0) is 4.79 Å². The van der Waals surface area contributed by atoms with Gasteiger partial charge in [-0.1, -0.05) is 12.2 Å². The van der Waals surface area contributed by atoms with Crippen LogP contribution in [0.1, 0.15) is 25.7 Å². The highest BCUT2D eigenvalue weighted by Crippen LogP contribution is 2.31. The second-order valence-corrected chi connectivity index (χ2v) is 6.89. The van der Waals surface area contributed by atoms with E-state index in [0.29, 0.717) is 5.91 Å². The molecule has 136 valence electrons. The Balaban J connectivity index is 1.66. The van der Waals surface area contributed by atoms with E-state index in [-0.39, 0.29) is 12.0 Å². The Bertz CT molecular complexity index is 622. The van der Waals surface area contributed by atoms with Gasteiger partial charge in [0.05, 0.1) is 20.3 Å². The van der Waals surface area contributed by atoms with Crippen molar-refractivity contribution in [3.05, 3.63) is 30.4 Å². The van der Waals surface area contributed by atoms with E-state index in [0.717, 1.165) is 56.0 Å². The van der Waals surface area contributed by atoms with Gasteiger partial charge in [-0.15, -0.1) is 0 Å². The van der Waals surface area contributed by atoms with E-state index >= 15 is 0 Å². The van der Waals surface area contributed by atoms with E-state index in [4.69, 9.17) is 9.47 Å². The van der Waals surface area contributed by atoms with Crippen LogP contribution < -0.4 is 14.4 Å². The second-order valence-electron chi connectivity index (χ2n) is 6.89. The van der Waals surface area contributed by atoms with Crippen LogP contribution in [0, 0.1) is 5.92 Å². The average molecular weight is 344 g/mol. The molecule has 0 N–H and O–H groups in total. The van der Waals surface area contributed by atoms with E-state index in [2.05, 4.69) is 17.1 Å². The van der Waals surface area contributed by atoms with Crippen LogP contribution in [0.25, 0.3) is 0 Å². The Hall–Kier alpha value is -2.17. The summed E-state index contributed by atoms with van der Waals surface area (Å²) in [5, 5.41) is 0. The van der Waals surface area contributed by atoms with Crippen molar-refractivity contribution in [2.24, 2.45) is 5.92 Å². The first-order valence-corrected chi connectivity index (χ1v) is 9.02. The Kier molecular flexibility index (Phi) is 5.51. The first kappa shape index (κ1) is 17.6. The minimum atomic E-state index is 0.154. The maximum absolute atomic E-state index is 12.8. The molecule has 1 saturated heterocycles. The molecule has 1 aromatic carbocycles. The molecule has 2 atom stereocenters. The minimum absolute atomic E-state index is 0.154. The third-order valence-electron chi connectivity index (χ3n) is 5.38. The summed E-state index contributed by atoms with van der Waals surface area (Å²) < 4.78 is 10.7. The first-order valence-electron chi connectivity index (χ1n) is 9.02. The highest BCUT2D eigenvalue weighted by atomic mass is 16.5. The van der Waals surface area contributed by atoms with Crippen LogP contribution in [0.4, 0.5) is 5.69 Å². The van der Waals surface area contributed by atoms with Crippen molar-refractivity contribution in [1.29, 1.82) is 0 Å². The summed E-state index contributed by atoms with van der Waals surface area (Å²) in [5.41, 5.74) is 1.08. The highest BCUT2D eigenvalue weighted by Gasteiger charge is 2.32. The van der Waals surface area contributed by atoms with Gasteiger partial charge in [0.1, 0.15) is 11.5 Å². The smallest absolute Gasteiger partial charge is 0.226 e. The number of ether oxygens (including phenoxy) is 2. The molecule has 0 bridgehead atoms. The molecule has 0 saturated carbocycles. The monoisotopic (exact) mass is 344 g/mol. The summed E-state index contributed by atoms with van der Waals surface area (Å²) in [5.74, 6) is 2.02. The average Bonchev–Trinajstić information content (AvgIpc) is 3.17. The largest absolute Gasteiger partial charge is 0.497 e. The van der Waals surface area contributed by atoms with Crippen LogP contribution in [0.5, 0.6) is 11.5 Å². The first-order chi connectivity index (χ1) is 12.1. The van der Waals surface area contributed by atoms with E-state index in [1.807, 2.05) is 30.1 Å². The van der Waals surface area contributed by atoms with Crippen molar-refractivity contribution in [2.45, 2.75) is 31.7 Å². The molecule has 0 aromatic heterocycles. The number of carbonyl (C=O) groups excluding carboxylic acids is 1. The van der Waals surface area contributed by atoms with Crippen molar-refractivity contribution in [2.75, 3.05) is 39.3 Å². The SMILES string of the molecule is COc1cc(OC)cc(N2CC[C@@H](N(C)C(=O)[C@@H]3CC=CCC3)C2)c1. The molecule has 1 heterocycles. The summed E-state index contributed by atoms with van der Waals surface area (Å²) in [6.45, 7) is 1.78. The number of amides is 1. The third kappa shape index (κ3) is 3.91. The predicted octanol–water partition coefficient (Wildman–Crippen LogP) is 3.10. The zero-order valence-electron chi connectivity index (χ0n) is 15.4. The van der Waals surface area contributed by atoms with Crippen LogP contribution in [0.3, 0.4) is 0 Å². The summed E-state index contributed by atoms with van der Waals surface area (Å²) in [6, 6.07) is 6.19. The van der Waals surface area contributed by atoms with Gasteiger partial charge in [0, 0.05) is 49.9 Å². The van der Waals surface area contributed by atoms with Crippen LogP contribution in [0.15, 0.2) is 30.4 Å². The molecule has 1 aromatic rings. The molecular weight excluding hydrogens is 316 g/mol. The summed E-state index contributed by atoms with van der Waals surface area (Å²) in [4.78, 5) is 17.0. The molecule has 0 radical (unpaired) electrons. The Morgan fingerprint density at radius 1 is 1.12 bits per heavy atom. The summed E-state index contributed by atoms with van der Waals surface area (Å²) in [6.07, 6.45) is 8.19. The van der Waals surface area contributed by atoms with Crippen molar-refractivity contribution >= 4 is 11.6 Å². The number of methoxy groups -OCH3 is 2. The van der Waals surface area contributed by atoms with Gasteiger partial charge in [-0.2, -0.15) is 0 Å². The van der Waals surface area contributed by atoms with Crippen LogP contribution in [0.2, 0.25) is 0 Å². The number of nitrogens with zero attached hydrogens (tertiary/aromatic N) is 2. The molecule has 1 amide bonds. The van der Waals surface area contributed by atoms with Gasteiger partial charge >= 0.3 is 0 Å². The van der Waals surface area contributed by atoms with Gasteiger partial charge in [-0.25, -0.2) is 0 Å². The van der Waals surface area contributed by atoms with Crippen molar-refractivity contribution in [3.63, 3.8) is 0 Å². The number of likely N-dealkylation sites (N-methyl/N-ethyl adjacent to an activating group) is 1. The fourth-order valence-electron chi connectivity index (χ4n) is 3.75. The third-order valence-corrected chi connectivity index (χ3v) is 5.38. The molecule has 0 unspecified atom stereocenters. The normalized spacial score (nSPS) is 22.8. The molecule has 2 aliphatic rings. The fraction of sp³-hybridized carbons (Fsp3) is 0.550. The number of hydrogen-bond acceptors (Lipinski definition) is 4. The molecule has 25 heavy (non-hydrogen) atoms. The second kappa shape index (κ2) is 7.81. The summed E-state index contributed by atoms with van der Waals surface area (Å²) in [7, 11) is 5.29. The molecule has 5 heteroatoms. The summed E-state index contributed by atoms with van der Waals surface area (Å²) >= 11 is 0. The molecule has 1 fully saturated rings. The minimum Gasteiger partial charge on any atom is -0.497 e. The topological polar surface area (TPSA) is 42.0 Å². The van der Waals surface area contributed by atoms with E-state index in [1.54, 1.807) is 14.2 Å². The van der Waals surface area contributed by atoms with E-state index in [9.17, 15) is 4.79 Å². The zero-order valence-corrected chi connectivity index (χ0v) is 15.4. The number of allylic oxidation sites excluding steroid dienone is 2.